The van der Waals surface area contributed by atoms with Crippen molar-refractivity contribution in [3.8, 4) is 16.3 Å². The van der Waals surface area contributed by atoms with E-state index in [9.17, 15) is 4.79 Å². The van der Waals surface area contributed by atoms with Crippen LogP contribution in [0, 0.1) is 0 Å². The van der Waals surface area contributed by atoms with E-state index < -0.39 is 6.10 Å². The van der Waals surface area contributed by atoms with Crippen molar-refractivity contribution in [1.82, 2.24) is 10.2 Å². The van der Waals surface area contributed by atoms with Gasteiger partial charge in [-0.25, -0.2) is 0 Å². The lowest BCUT2D eigenvalue weighted by atomic mass is 10.2. The SMILES string of the molecule is CC(Oc1ccc(Br)cc1)C(=O)N(C)c1nnc(-c2ccc(Br)cc2)s1. The Morgan fingerprint density at radius 3 is 2.23 bits per heavy atom. The highest BCUT2D eigenvalue weighted by atomic mass is 79.9. The molecule has 0 aliphatic heterocycles. The van der Waals surface area contributed by atoms with Crippen LogP contribution in [0.25, 0.3) is 10.6 Å². The third-order valence-corrected chi connectivity index (χ3v) is 5.70. The summed E-state index contributed by atoms with van der Waals surface area (Å²) in [7, 11) is 1.68. The molecule has 3 aromatic rings. The molecule has 3 rings (SSSR count). The molecule has 1 amide bonds. The van der Waals surface area contributed by atoms with Gasteiger partial charge in [-0.05, 0) is 43.3 Å². The van der Waals surface area contributed by atoms with Crippen LogP contribution in [0.3, 0.4) is 0 Å². The van der Waals surface area contributed by atoms with Gasteiger partial charge in [0, 0.05) is 21.6 Å². The van der Waals surface area contributed by atoms with Gasteiger partial charge in [0.25, 0.3) is 5.91 Å². The van der Waals surface area contributed by atoms with Crippen LogP contribution in [0.2, 0.25) is 0 Å². The highest BCUT2D eigenvalue weighted by Crippen LogP contribution is 2.29. The predicted molar refractivity (Wildman–Crippen MR) is 111 cm³/mol. The van der Waals surface area contributed by atoms with E-state index in [1.54, 1.807) is 14.0 Å². The molecule has 1 aromatic heterocycles. The minimum absolute atomic E-state index is 0.188. The van der Waals surface area contributed by atoms with Crippen LogP contribution >= 0.6 is 43.2 Å². The standard InChI is InChI=1S/C18H15Br2N3O2S/c1-11(25-15-9-7-14(20)8-10-15)17(24)23(2)18-22-21-16(26-18)12-3-5-13(19)6-4-12/h3-11H,1-2H3. The Morgan fingerprint density at radius 2 is 1.62 bits per heavy atom. The lowest BCUT2D eigenvalue weighted by Crippen LogP contribution is -2.38. The largest absolute Gasteiger partial charge is 0.481 e. The zero-order valence-corrected chi connectivity index (χ0v) is 18.0. The number of ether oxygens (including phenoxy) is 1. The Bertz CT molecular complexity index is 898. The molecule has 0 saturated heterocycles. The fourth-order valence-electron chi connectivity index (χ4n) is 2.19. The van der Waals surface area contributed by atoms with Crippen molar-refractivity contribution in [2.24, 2.45) is 0 Å². The van der Waals surface area contributed by atoms with E-state index in [2.05, 4.69) is 42.1 Å². The Balaban J connectivity index is 1.70. The van der Waals surface area contributed by atoms with Gasteiger partial charge in [0.1, 0.15) is 10.8 Å². The number of carbonyl (C=O) groups is 1. The average Bonchev–Trinajstić information content (AvgIpc) is 3.13. The van der Waals surface area contributed by atoms with Gasteiger partial charge < -0.3 is 4.74 Å². The Morgan fingerprint density at radius 1 is 1.04 bits per heavy atom. The fourth-order valence-corrected chi connectivity index (χ4v) is 3.54. The molecule has 0 aliphatic carbocycles. The number of hydrogen-bond acceptors (Lipinski definition) is 5. The topological polar surface area (TPSA) is 55.3 Å². The van der Waals surface area contributed by atoms with Crippen LogP contribution in [-0.2, 0) is 4.79 Å². The van der Waals surface area contributed by atoms with E-state index in [-0.39, 0.29) is 5.91 Å². The number of anilines is 1. The molecule has 0 N–H and O–H groups in total. The maximum Gasteiger partial charge on any atom is 0.269 e. The highest BCUT2D eigenvalue weighted by molar-refractivity contribution is 9.10. The van der Waals surface area contributed by atoms with Crippen molar-refractivity contribution in [3.63, 3.8) is 0 Å². The maximum atomic E-state index is 12.6. The quantitative estimate of drug-likeness (QED) is 0.489. The van der Waals surface area contributed by atoms with Crippen molar-refractivity contribution >= 4 is 54.2 Å². The summed E-state index contributed by atoms with van der Waals surface area (Å²) in [5.41, 5.74) is 0.956. The first-order valence-corrected chi connectivity index (χ1v) is 10.1. The van der Waals surface area contributed by atoms with E-state index in [4.69, 9.17) is 4.74 Å². The number of likely N-dealkylation sites (N-methyl/N-ethyl adjacent to an activating group) is 1. The van der Waals surface area contributed by atoms with Crippen LogP contribution in [0.4, 0.5) is 5.13 Å². The second kappa shape index (κ2) is 8.28. The van der Waals surface area contributed by atoms with Crippen LogP contribution in [0.15, 0.2) is 57.5 Å². The third-order valence-electron chi connectivity index (χ3n) is 3.60. The van der Waals surface area contributed by atoms with Crippen molar-refractivity contribution in [2.75, 3.05) is 11.9 Å². The van der Waals surface area contributed by atoms with Crippen LogP contribution in [0.1, 0.15) is 6.92 Å². The summed E-state index contributed by atoms with van der Waals surface area (Å²) in [5.74, 6) is 0.446. The van der Waals surface area contributed by atoms with Gasteiger partial charge in [0.05, 0.1) is 0 Å². The predicted octanol–water partition coefficient (Wildman–Crippen LogP) is 5.16. The second-order valence-electron chi connectivity index (χ2n) is 5.51. The van der Waals surface area contributed by atoms with E-state index in [0.29, 0.717) is 10.9 Å². The summed E-state index contributed by atoms with van der Waals surface area (Å²) < 4.78 is 7.67. The fraction of sp³-hybridized carbons (Fsp3) is 0.167. The summed E-state index contributed by atoms with van der Waals surface area (Å²) in [6.45, 7) is 1.72. The molecule has 1 heterocycles. The number of hydrogen-bond donors (Lipinski definition) is 0. The normalized spacial score (nSPS) is 11.8. The van der Waals surface area contributed by atoms with E-state index in [0.717, 1.165) is 19.5 Å². The smallest absolute Gasteiger partial charge is 0.269 e. The molecule has 0 fully saturated rings. The van der Waals surface area contributed by atoms with Crippen LogP contribution in [-0.4, -0.2) is 29.3 Å². The maximum absolute atomic E-state index is 12.6. The molecular weight excluding hydrogens is 482 g/mol. The zero-order valence-electron chi connectivity index (χ0n) is 14.0. The van der Waals surface area contributed by atoms with E-state index >= 15 is 0 Å². The van der Waals surface area contributed by atoms with E-state index in [1.807, 2.05) is 48.5 Å². The average molecular weight is 497 g/mol. The molecule has 0 bridgehead atoms. The minimum atomic E-state index is -0.638. The van der Waals surface area contributed by atoms with Gasteiger partial charge >= 0.3 is 0 Å². The third kappa shape index (κ3) is 4.49. The number of aromatic nitrogens is 2. The number of amides is 1. The first-order valence-electron chi connectivity index (χ1n) is 7.73. The van der Waals surface area contributed by atoms with Gasteiger partial charge in [-0.1, -0.05) is 55.3 Å². The zero-order chi connectivity index (χ0) is 18.7. The Kier molecular flexibility index (Phi) is 6.05. The Labute approximate surface area is 172 Å². The van der Waals surface area contributed by atoms with Crippen molar-refractivity contribution < 1.29 is 9.53 Å². The van der Waals surface area contributed by atoms with Crippen molar-refractivity contribution in [2.45, 2.75) is 13.0 Å². The minimum Gasteiger partial charge on any atom is -0.481 e. The Hall–Kier alpha value is -1.77. The monoisotopic (exact) mass is 495 g/mol. The second-order valence-corrected chi connectivity index (χ2v) is 8.30. The first-order chi connectivity index (χ1) is 12.4. The molecule has 0 radical (unpaired) electrons. The molecule has 0 saturated carbocycles. The summed E-state index contributed by atoms with van der Waals surface area (Å²) in [5, 5.41) is 9.61. The number of nitrogens with zero attached hydrogens (tertiary/aromatic N) is 3. The molecule has 1 unspecified atom stereocenters. The molecule has 5 nitrogen and oxygen atoms in total. The number of carbonyl (C=O) groups excluding carboxylic acids is 1. The summed E-state index contributed by atoms with van der Waals surface area (Å²) in [6.07, 6.45) is -0.638. The lowest BCUT2D eigenvalue weighted by Gasteiger charge is -2.19. The summed E-state index contributed by atoms with van der Waals surface area (Å²) >= 11 is 8.14. The van der Waals surface area contributed by atoms with E-state index in [1.165, 1.54) is 16.2 Å². The molecule has 0 spiro atoms. The molecule has 134 valence electrons. The molecule has 8 heteroatoms. The summed E-state index contributed by atoms with van der Waals surface area (Å²) in [4.78, 5) is 14.1. The number of halogens is 2. The van der Waals surface area contributed by atoms with Gasteiger partial charge in [0.2, 0.25) is 5.13 Å². The molecule has 0 aliphatic rings. The molecule has 26 heavy (non-hydrogen) atoms. The van der Waals surface area contributed by atoms with Crippen LogP contribution < -0.4 is 9.64 Å². The van der Waals surface area contributed by atoms with Crippen LogP contribution in [0.5, 0.6) is 5.75 Å². The molecule has 2 aromatic carbocycles. The van der Waals surface area contributed by atoms with Gasteiger partial charge in [-0.15, -0.1) is 10.2 Å². The molecular formula is C18H15Br2N3O2S. The lowest BCUT2D eigenvalue weighted by molar-refractivity contribution is -0.124. The first kappa shape index (κ1) is 19.0. The molecule has 1 atom stereocenters. The number of rotatable bonds is 5. The highest BCUT2D eigenvalue weighted by Gasteiger charge is 2.23. The van der Waals surface area contributed by atoms with Crippen molar-refractivity contribution in [3.05, 3.63) is 57.5 Å². The van der Waals surface area contributed by atoms with Gasteiger partial charge in [-0.2, -0.15) is 0 Å². The number of benzene rings is 2. The summed E-state index contributed by atoms with van der Waals surface area (Å²) in [6, 6.07) is 15.1. The van der Waals surface area contributed by atoms with Gasteiger partial charge in [0.15, 0.2) is 6.10 Å². The van der Waals surface area contributed by atoms with Gasteiger partial charge in [-0.3, -0.25) is 9.69 Å². The van der Waals surface area contributed by atoms with Crippen molar-refractivity contribution in [1.29, 1.82) is 0 Å².